The zero-order valence-electron chi connectivity index (χ0n) is 11.9. The Kier molecular flexibility index (Phi) is 4.45. The molecule has 0 saturated carbocycles. The molecule has 2 aromatic rings. The Morgan fingerprint density at radius 2 is 1.79 bits per heavy atom. The van der Waals surface area contributed by atoms with Crippen molar-refractivity contribution in [1.82, 2.24) is 0 Å². The summed E-state index contributed by atoms with van der Waals surface area (Å²) in [5.74, 6) is 0.947. The van der Waals surface area contributed by atoms with E-state index in [0.29, 0.717) is 6.61 Å². The van der Waals surface area contributed by atoms with Gasteiger partial charge in [-0.1, -0.05) is 30.3 Å². The first-order chi connectivity index (χ1) is 9.20. The fourth-order valence-electron chi connectivity index (χ4n) is 2.23. The maximum Gasteiger partial charge on any atom is 0.119 e. The summed E-state index contributed by atoms with van der Waals surface area (Å²) in [5.41, 5.74) is 3.88. The molecule has 0 unspecified atom stereocenters. The quantitative estimate of drug-likeness (QED) is 0.807. The van der Waals surface area contributed by atoms with Crippen molar-refractivity contribution in [1.29, 1.82) is 0 Å². The summed E-state index contributed by atoms with van der Waals surface area (Å²) in [6.07, 6.45) is 0.926. The fraction of sp³-hybridized carbons (Fsp3) is 0.294. The van der Waals surface area contributed by atoms with Crippen molar-refractivity contribution in [2.24, 2.45) is 0 Å². The number of anilines is 1. The van der Waals surface area contributed by atoms with Gasteiger partial charge in [0.25, 0.3) is 0 Å². The molecule has 2 heteroatoms. The highest BCUT2D eigenvalue weighted by molar-refractivity contribution is 5.54. The van der Waals surface area contributed by atoms with Gasteiger partial charge in [0.05, 0.1) is 6.61 Å². The van der Waals surface area contributed by atoms with Crippen LogP contribution in [0.1, 0.15) is 18.1 Å². The lowest BCUT2D eigenvalue weighted by Gasteiger charge is -2.17. The highest BCUT2D eigenvalue weighted by Crippen LogP contribution is 2.23. The minimum atomic E-state index is 0.706. The van der Waals surface area contributed by atoms with Gasteiger partial charge in [0.2, 0.25) is 0 Å². The van der Waals surface area contributed by atoms with Crippen molar-refractivity contribution < 1.29 is 4.74 Å². The third-order valence-electron chi connectivity index (χ3n) is 3.08. The standard InChI is InChI=1S/C17H21NO/c1-4-19-16-10-7-8-14(13-16)12-15-9-5-6-11-17(15)18(2)3/h5-11,13H,4,12H2,1-3H3. The Morgan fingerprint density at radius 1 is 1.00 bits per heavy atom. The molecule has 0 radical (unpaired) electrons. The molecule has 0 aliphatic heterocycles. The molecule has 0 aliphatic carbocycles. The zero-order valence-corrected chi connectivity index (χ0v) is 11.9. The van der Waals surface area contributed by atoms with Crippen molar-refractivity contribution >= 4 is 5.69 Å². The number of ether oxygens (including phenoxy) is 1. The third-order valence-corrected chi connectivity index (χ3v) is 3.08. The van der Waals surface area contributed by atoms with Gasteiger partial charge >= 0.3 is 0 Å². The molecule has 2 rings (SSSR count). The number of para-hydroxylation sites is 1. The molecule has 2 aromatic carbocycles. The predicted molar refractivity (Wildman–Crippen MR) is 81.2 cm³/mol. The normalized spacial score (nSPS) is 10.3. The molecule has 19 heavy (non-hydrogen) atoms. The maximum atomic E-state index is 5.55. The van der Waals surface area contributed by atoms with Gasteiger partial charge in [-0.05, 0) is 42.7 Å². The summed E-state index contributed by atoms with van der Waals surface area (Å²) in [7, 11) is 4.16. The molecule has 0 atom stereocenters. The summed E-state index contributed by atoms with van der Waals surface area (Å²) >= 11 is 0. The van der Waals surface area contributed by atoms with E-state index in [-0.39, 0.29) is 0 Å². The van der Waals surface area contributed by atoms with Gasteiger partial charge in [0.15, 0.2) is 0 Å². The van der Waals surface area contributed by atoms with Gasteiger partial charge in [0, 0.05) is 19.8 Å². The predicted octanol–water partition coefficient (Wildman–Crippen LogP) is 3.74. The van der Waals surface area contributed by atoms with Gasteiger partial charge in [-0.25, -0.2) is 0 Å². The first-order valence-electron chi connectivity index (χ1n) is 6.67. The van der Waals surface area contributed by atoms with E-state index in [1.54, 1.807) is 0 Å². The van der Waals surface area contributed by atoms with Gasteiger partial charge in [-0.15, -0.1) is 0 Å². The van der Waals surface area contributed by atoms with E-state index in [0.717, 1.165) is 12.2 Å². The molecule has 0 amide bonds. The van der Waals surface area contributed by atoms with E-state index >= 15 is 0 Å². The second kappa shape index (κ2) is 6.28. The zero-order chi connectivity index (χ0) is 13.7. The Morgan fingerprint density at radius 3 is 2.53 bits per heavy atom. The van der Waals surface area contributed by atoms with E-state index in [1.165, 1.54) is 16.8 Å². The van der Waals surface area contributed by atoms with Crippen LogP contribution in [0.3, 0.4) is 0 Å². The first-order valence-corrected chi connectivity index (χ1v) is 6.67. The maximum absolute atomic E-state index is 5.55. The van der Waals surface area contributed by atoms with Crippen LogP contribution < -0.4 is 9.64 Å². The van der Waals surface area contributed by atoms with Crippen LogP contribution in [0.2, 0.25) is 0 Å². The fourth-order valence-corrected chi connectivity index (χ4v) is 2.23. The number of rotatable bonds is 5. The smallest absolute Gasteiger partial charge is 0.119 e. The van der Waals surface area contributed by atoms with Crippen molar-refractivity contribution in [3.8, 4) is 5.75 Å². The van der Waals surface area contributed by atoms with Crippen LogP contribution in [0, 0.1) is 0 Å². The highest BCUT2D eigenvalue weighted by Gasteiger charge is 2.05. The molecule has 2 nitrogen and oxygen atoms in total. The highest BCUT2D eigenvalue weighted by atomic mass is 16.5. The average molecular weight is 255 g/mol. The number of nitrogens with zero attached hydrogens (tertiary/aromatic N) is 1. The molecule has 0 bridgehead atoms. The van der Waals surface area contributed by atoms with Crippen molar-refractivity contribution in [3.63, 3.8) is 0 Å². The molecular formula is C17H21NO. The number of hydrogen-bond donors (Lipinski definition) is 0. The number of benzene rings is 2. The SMILES string of the molecule is CCOc1cccc(Cc2ccccc2N(C)C)c1. The van der Waals surface area contributed by atoms with Crippen LogP contribution >= 0.6 is 0 Å². The van der Waals surface area contributed by atoms with Gasteiger partial charge in [0.1, 0.15) is 5.75 Å². The lowest BCUT2D eigenvalue weighted by molar-refractivity contribution is 0.340. The lowest BCUT2D eigenvalue weighted by atomic mass is 10.0. The van der Waals surface area contributed by atoms with Gasteiger partial charge in [-0.2, -0.15) is 0 Å². The van der Waals surface area contributed by atoms with Crippen molar-refractivity contribution in [2.75, 3.05) is 25.6 Å². The Balaban J connectivity index is 2.23. The summed E-state index contributed by atoms with van der Waals surface area (Å²) in [6, 6.07) is 16.8. The van der Waals surface area contributed by atoms with Crippen molar-refractivity contribution in [2.45, 2.75) is 13.3 Å². The summed E-state index contributed by atoms with van der Waals surface area (Å²) in [4.78, 5) is 2.15. The van der Waals surface area contributed by atoms with E-state index in [1.807, 2.05) is 13.0 Å². The van der Waals surface area contributed by atoms with Crippen LogP contribution in [0.5, 0.6) is 5.75 Å². The van der Waals surface area contributed by atoms with E-state index in [2.05, 4.69) is 61.5 Å². The average Bonchev–Trinajstić information content (AvgIpc) is 2.40. The lowest BCUT2D eigenvalue weighted by Crippen LogP contribution is -2.11. The Bertz CT molecular complexity index is 534. The Hall–Kier alpha value is -1.96. The van der Waals surface area contributed by atoms with Gasteiger partial charge in [-0.3, -0.25) is 0 Å². The second-order valence-corrected chi connectivity index (χ2v) is 4.78. The molecule has 0 N–H and O–H groups in total. The minimum absolute atomic E-state index is 0.706. The summed E-state index contributed by atoms with van der Waals surface area (Å²) in [5, 5.41) is 0. The van der Waals surface area contributed by atoms with Gasteiger partial charge < -0.3 is 9.64 Å². The third kappa shape index (κ3) is 3.50. The number of hydrogen-bond acceptors (Lipinski definition) is 2. The molecule has 0 spiro atoms. The van der Waals surface area contributed by atoms with Crippen LogP contribution in [-0.4, -0.2) is 20.7 Å². The van der Waals surface area contributed by atoms with Crippen LogP contribution in [0.4, 0.5) is 5.69 Å². The molecule has 0 fully saturated rings. The summed E-state index contributed by atoms with van der Waals surface area (Å²) < 4.78 is 5.55. The summed E-state index contributed by atoms with van der Waals surface area (Å²) in [6.45, 7) is 2.71. The molecule has 0 aromatic heterocycles. The Labute approximate surface area is 115 Å². The molecule has 0 heterocycles. The molecule has 0 aliphatic rings. The second-order valence-electron chi connectivity index (χ2n) is 4.78. The van der Waals surface area contributed by atoms with E-state index in [9.17, 15) is 0 Å². The topological polar surface area (TPSA) is 12.5 Å². The van der Waals surface area contributed by atoms with E-state index < -0.39 is 0 Å². The monoisotopic (exact) mass is 255 g/mol. The van der Waals surface area contributed by atoms with Crippen LogP contribution in [0.25, 0.3) is 0 Å². The molecule has 100 valence electrons. The van der Waals surface area contributed by atoms with E-state index in [4.69, 9.17) is 4.74 Å². The van der Waals surface area contributed by atoms with Crippen LogP contribution in [-0.2, 0) is 6.42 Å². The molecular weight excluding hydrogens is 234 g/mol. The molecule has 0 saturated heterocycles. The minimum Gasteiger partial charge on any atom is -0.494 e. The van der Waals surface area contributed by atoms with Crippen molar-refractivity contribution in [3.05, 3.63) is 59.7 Å². The largest absolute Gasteiger partial charge is 0.494 e. The van der Waals surface area contributed by atoms with Crippen LogP contribution in [0.15, 0.2) is 48.5 Å². The first kappa shape index (κ1) is 13.5.